The van der Waals surface area contributed by atoms with Crippen molar-refractivity contribution in [2.75, 3.05) is 18.0 Å². The summed E-state index contributed by atoms with van der Waals surface area (Å²) in [4.78, 5) is 2.10. The summed E-state index contributed by atoms with van der Waals surface area (Å²) in [5.41, 5.74) is 4.40. The molecule has 0 amide bonds. The van der Waals surface area contributed by atoms with E-state index in [1.807, 2.05) is 11.7 Å². The van der Waals surface area contributed by atoms with Gasteiger partial charge in [0.05, 0.1) is 13.1 Å². The largest absolute Gasteiger partial charge is 0.739 e. The van der Waals surface area contributed by atoms with Gasteiger partial charge in [0.15, 0.2) is 17.7 Å². The highest BCUT2D eigenvalue weighted by molar-refractivity contribution is 5.71. The molecule has 0 spiro atoms. The van der Waals surface area contributed by atoms with Gasteiger partial charge in [0.2, 0.25) is 0 Å². The quantitative estimate of drug-likeness (QED) is 0.569. The average molecular weight is 271 g/mol. The van der Waals surface area contributed by atoms with Gasteiger partial charge >= 0.3 is 5.95 Å². The molecular formula is C15H19N4O+. The minimum atomic E-state index is 0.551. The first kappa shape index (κ1) is 11.9. The highest BCUT2D eigenvalue weighted by Gasteiger charge is 2.30. The Kier molecular flexibility index (Phi) is 2.55. The topological polar surface area (TPSA) is 46.9 Å². The van der Waals surface area contributed by atoms with Crippen molar-refractivity contribution in [3.63, 3.8) is 0 Å². The summed E-state index contributed by atoms with van der Waals surface area (Å²) >= 11 is 0. The number of fused-ring (bicyclic) bond motifs is 2. The molecule has 0 N–H and O–H groups in total. The van der Waals surface area contributed by atoms with Crippen molar-refractivity contribution >= 4 is 17.0 Å². The lowest BCUT2D eigenvalue weighted by Gasteiger charge is -2.15. The molecule has 2 aliphatic rings. The zero-order valence-corrected chi connectivity index (χ0v) is 11.8. The molecule has 1 aliphatic carbocycles. The molecule has 1 aromatic carbocycles. The Labute approximate surface area is 118 Å². The third-order valence-electron chi connectivity index (χ3n) is 4.57. The average Bonchev–Trinajstić information content (AvgIpc) is 3.11. The van der Waals surface area contributed by atoms with E-state index in [1.165, 1.54) is 17.5 Å². The molecule has 0 saturated carbocycles. The van der Waals surface area contributed by atoms with Crippen LogP contribution in [0.3, 0.4) is 0 Å². The van der Waals surface area contributed by atoms with E-state index in [0.29, 0.717) is 5.95 Å². The highest BCUT2D eigenvalue weighted by atomic mass is 16.5. The van der Waals surface area contributed by atoms with Crippen LogP contribution in [-0.4, -0.2) is 18.2 Å². The van der Waals surface area contributed by atoms with Crippen molar-refractivity contribution in [3.05, 3.63) is 28.5 Å². The van der Waals surface area contributed by atoms with Crippen molar-refractivity contribution in [1.29, 1.82) is 0 Å². The molecular weight excluding hydrogens is 252 g/mol. The van der Waals surface area contributed by atoms with Crippen LogP contribution < -0.4 is 14.3 Å². The van der Waals surface area contributed by atoms with E-state index >= 15 is 0 Å². The van der Waals surface area contributed by atoms with Crippen LogP contribution in [0.15, 0.2) is 12.1 Å². The number of hydrogen-bond acceptors (Lipinski definition) is 3. The predicted octanol–water partition coefficient (Wildman–Crippen LogP) is 0.782. The maximum atomic E-state index is 12.7. The van der Waals surface area contributed by atoms with E-state index < -0.39 is 0 Å². The zero-order chi connectivity index (χ0) is 13.7. The van der Waals surface area contributed by atoms with Crippen molar-refractivity contribution in [2.45, 2.75) is 32.1 Å². The fourth-order valence-electron chi connectivity index (χ4n) is 3.47. The molecule has 5 nitrogen and oxygen atoms in total. The number of aryl methyl sites for hydroxylation is 3. The Bertz CT molecular complexity index is 692. The van der Waals surface area contributed by atoms with Gasteiger partial charge in [0.25, 0.3) is 5.52 Å². The summed E-state index contributed by atoms with van der Waals surface area (Å²) in [6, 6.07) is 4.22. The first-order valence-electron chi connectivity index (χ1n) is 7.44. The van der Waals surface area contributed by atoms with Gasteiger partial charge in [-0.1, -0.05) is 0 Å². The Morgan fingerprint density at radius 2 is 1.70 bits per heavy atom. The molecule has 4 rings (SSSR count). The molecule has 2 aromatic rings. The van der Waals surface area contributed by atoms with E-state index in [-0.39, 0.29) is 0 Å². The molecule has 0 atom stereocenters. The third-order valence-corrected chi connectivity index (χ3v) is 4.57. The van der Waals surface area contributed by atoms with Crippen molar-refractivity contribution in [1.82, 2.24) is 5.10 Å². The Morgan fingerprint density at radius 3 is 2.40 bits per heavy atom. The van der Waals surface area contributed by atoms with E-state index in [0.717, 1.165) is 54.5 Å². The standard InChI is InChI=1S/C15H19N4O/c1-17-13-9-11-5-4-6-12(11)10-14(13)19(20)15(16-17)18-7-2-3-8-18/h9-10H,2-8H2,1H3/q+1. The SMILES string of the molecule is C[n+]1nc(N2CCCC2)[n+]([O-])c2cc3c(cc21)CCC3. The first-order chi connectivity index (χ1) is 9.74. The van der Waals surface area contributed by atoms with Gasteiger partial charge in [-0.3, -0.25) is 4.90 Å². The van der Waals surface area contributed by atoms with Crippen LogP contribution in [-0.2, 0) is 19.9 Å². The lowest BCUT2D eigenvalue weighted by atomic mass is 10.1. The molecule has 0 unspecified atom stereocenters. The highest BCUT2D eigenvalue weighted by Crippen LogP contribution is 2.25. The van der Waals surface area contributed by atoms with Gasteiger partial charge in [0, 0.05) is 6.07 Å². The summed E-state index contributed by atoms with van der Waals surface area (Å²) in [6.07, 6.45) is 5.70. The Balaban J connectivity index is 1.95. The van der Waals surface area contributed by atoms with Gasteiger partial charge in [-0.25, -0.2) is 4.73 Å². The smallest absolute Gasteiger partial charge is 0.461 e. The third kappa shape index (κ3) is 1.65. The van der Waals surface area contributed by atoms with Crippen LogP contribution in [0.2, 0.25) is 0 Å². The predicted molar refractivity (Wildman–Crippen MR) is 75.4 cm³/mol. The van der Waals surface area contributed by atoms with Crippen molar-refractivity contribution < 1.29 is 9.41 Å². The van der Waals surface area contributed by atoms with Gasteiger partial charge in [-0.2, -0.15) is 0 Å². The van der Waals surface area contributed by atoms with Crippen molar-refractivity contribution in [3.8, 4) is 0 Å². The molecule has 1 saturated heterocycles. The molecule has 1 aliphatic heterocycles. The van der Waals surface area contributed by atoms with Crippen LogP contribution >= 0.6 is 0 Å². The summed E-state index contributed by atoms with van der Waals surface area (Å²) in [6.45, 7) is 1.87. The molecule has 2 heterocycles. The van der Waals surface area contributed by atoms with E-state index in [9.17, 15) is 5.21 Å². The Morgan fingerprint density at radius 1 is 1.05 bits per heavy atom. The lowest BCUT2D eigenvalue weighted by Crippen LogP contribution is -2.47. The van der Waals surface area contributed by atoms with Gasteiger partial charge in [-0.15, -0.1) is 0 Å². The normalized spacial score (nSPS) is 17.9. The number of rotatable bonds is 1. The number of nitrogens with zero attached hydrogens (tertiary/aromatic N) is 4. The second-order valence-corrected chi connectivity index (χ2v) is 5.88. The first-order valence-corrected chi connectivity index (χ1v) is 7.44. The van der Waals surface area contributed by atoms with Crippen LogP contribution in [0, 0.1) is 5.21 Å². The summed E-state index contributed by atoms with van der Waals surface area (Å²) in [7, 11) is 1.93. The number of anilines is 1. The maximum Gasteiger partial charge on any atom is 0.461 e. The molecule has 104 valence electrons. The van der Waals surface area contributed by atoms with Crippen LogP contribution in [0.5, 0.6) is 0 Å². The van der Waals surface area contributed by atoms with E-state index in [4.69, 9.17) is 0 Å². The summed E-state index contributed by atoms with van der Waals surface area (Å²) in [5, 5.41) is 17.2. The minimum absolute atomic E-state index is 0.551. The second kappa shape index (κ2) is 4.30. The molecule has 1 fully saturated rings. The van der Waals surface area contributed by atoms with Gasteiger partial charge < -0.3 is 5.21 Å². The minimum Gasteiger partial charge on any atom is -0.739 e. The number of aromatic nitrogens is 3. The summed E-state index contributed by atoms with van der Waals surface area (Å²) < 4.78 is 2.88. The van der Waals surface area contributed by atoms with Gasteiger partial charge in [-0.05, 0) is 54.0 Å². The zero-order valence-electron chi connectivity index (χ0n) is 11.8. The lowest BCUT2D eigenvalue weighted by molar-refractivity contribution is -0.724. The van der Waals surface area contributed by atoms with Crippen LogP contribution in [0.4, 0.5) is 5.95 Å². The molecule has 1 aromatic heterocycles. The number of benzene rings is 1. The summed E-state index contributed by atoms with van der Waals surface area (Å²) in [5.74, 6) is 0.551. The van der Waals surface area contributed by atoms with E-state index in [2.05, 4.69) is 22.1 Å². The second-order valence-electron chi connectivity index (χ2n) is 5.88. The van der Waals surface area contributed by atoms with Crippen LogP contribution in [0.1, 0.15) is 30.4 Å². The fourth-order valence-corrected chi connectivity index (χ4v) is 3.47. The monoisotopic (exact) mass is 271 g/mol. The van der Waals surface area contributed by atoms with Crippen LogP contribution in [0.25, 0.3) is 11.0 Å². The molecule has 5 heteroatoms. The molecule has 0 radical (unpaired) electrons. The van der Waals surface area contributed by atoms with Crippen molar-refractivity contribution in [2.24, 2.45) is 7.05 Å². The maximum absolute atomic E-state index is 12.7. The number of hydrogen-bond donors (Lipinski definition) is 0. The molecule has 0 bridgehead atoms. The molecule has 20 heavy (non-hydrogen) atoms. The van der Waals surface area contributed by atoms with Gasteiger partial charge in [0.1, 0.15) is 0 Å². The Hall–Kier alpha value is -1.91. The van der Waals surface area contributed by atoms with E-state index in [1.54, 1.807) is 0 Å². The fraction of sp³-hybridized carbons (Fsp3) is 0.533.